The third-order valence-electron chi connectivity index (χ3n) is 4.40. The molecule has 0 bridgehead atoms. The van der Waals surface area contributed by atoms with Crippen molar-refractivity contribution in [1.82, 2.24) is 5.32 Å². The van der Waals surface area contributed by atoms with Crippen LogP contribution < -0.4 is 5.32 Å². The minimum atomic E-state index is 0.121. The summed E-state index contributed by atoms with van der Waals surface area (Å²) >= 11 is 2.33. The molecule has 2 N–H and O–H groups in total. The monoisotopic (exact) mass is 373 g/mol. The van der Waals surface area contributed by atoms with Crippen molar-refractivity contribution >= 4 is 22.6 Å². The number of nitrogens with one attached hydrogen (secondary N) is 1. The van der Waals surface area contributed by atoms with Crippen LogP contribution in [0.5, 0.6) is 0 Å². The number of aliphatic hydroxyl groups is 1. The Bertz CT molecular complexity index is 384. The van der Waals surface area contributed by atoms with E-state index in [9.17, 15) is 5.11 Å². The molecule has 1 unspecified atom stereocenters. The smallest absolute Gasteiger partial charge is 0.0499 e. The van der Waals surface area contributed by atoms with Crippen molar-refractivity contribution in [3.63, 3.8) is 0 Å². The van der Waals surface area contributed by atoms with Crippen LogP contribution in [0.4, 0.5) is 0 Å². The third kappa shape index (κ3) is 4.17. The van der Waals surface area contributed by atoms with E-state index < -0.39 is 0 Å². The molecule has 19 heavy (non-hydrogen) atoms. The average Bonchev–Trinajstić information content (AvgIpc) is 2.46. The molecule has 1 aliphatic carbocycles. The quantitative estimate of drug-likeness (QED) is 0.768. The third-order valence-corrected chi connectivity index (χ3v) is 5.12. The molecule has 1 aromatic rings. The number of benzene rings is 1. The van der Waals surface area contributed by atoms with Crippen molar-refractivity contribution in [2.75, 3.05) is 13.2 Å². The molecule has 2 rings (SSSR count). The van der Waals surface area contributed by atoms with Gasteiger partial charge in [-0.3, -0.25) is 0 Å². The molecule has 3 heteroatoms. The second-order valence-electron chi connectivity index (χ2n) is 5.87. The van der Waals surface area contributed by atoms with Gasteiger partial charge in [-0.2, -0.15) is 0 Å². The van der Waals surface area contributed by atoms with Crippen LogP contribution in [0, 0.1) is 8.99 Å². The lowest BCUT2D eigenvalue weighted by Gasteiger charge is -2.36. The van der Waals surface area contributed by atoms with Gasteiger partial charge in [0, 0.05) is 28.2 Å². The predicted molar refractivity (Wildman–Crippen MR) is 88.2 cm³/mol. The largest absolute Gasteiger partial charge is 0.396 e. The zero-order valence-electron chi connectivity index (χ0n) is 11.7. The maximum atomic E-state index is 9.72. The van der Waals surface area contributed by atoms with E-state index in [-0.39, 0.29) is 5.41 Å². The first kappa shape index (κ1) is 15.3. The van der Waals surface area contributed by atoms with E-state index in [1.54, 1.807) is 0 Å². The Balaban J connectivity index is 1.91. The molecule has 1 aliphatic rings. The zero-order chi connectivity index (χ0) is 13.7. The molecule has 0 spiro atoms. The lowest BCUT2D eigenvalue weighted by Crippen LogP contribution is -2.39. The van der Waals surface area contributed by atoms with Crippen molar-refractivity contribution in [2.45, 2.75) is 45.1 Å². The average molecular weight is 373 g/mol. The maximum Gasteiger partial charge on any atom is 0.0499 e. The van der Waals surface area contributed by atoms with Crippen LogP contribution in [0.1, 0.15) is 50.6 Å². The number of aliphatic hydroxyl groups excluding tert-OH is 1. The van der Waals surface area contributed by atoms with Gasteiger partial charge in [0.05, 0.1) is 0 Å². The molecule has 1 aromatic carbocycles. The van der Waals surface area contributed by atoms with E-state index in [1.165, 1.54) is 28.4 Å². The normalized spacial score (nSPS) is 20.2. The molecule has 0 heterocycles. The molecular formula is C16H24INO. The van der Waals surface area contributed by atoms with E-state index in [0.29, 0.717) is 12.6 Å². The first-order chi connectivity index (χ1) is 9.15. The van der Waals surface area contributed by atoms with Gasteiger partial charge in [-0.25, -0.2) is 0 Å². The molecule has 0 aromatic heterocycles. The Hall–Kier alpha value is -0.130. The van der Waals surface area contributed by atoms with Crippen LogP contribution in [0.15, 0.2) is 24.3 Å². The molecule has 0 aliphatic heterocycles. The summed E-state index contributed by atoms with van der Waals surface area (Å²) in [4.78, 5) is 0. The Morgan fingerprint density at radius 1 is 1.21 bits per heavy atom. The van der Waals surface area contributed by atoms with Crippen molar-refractivity contribution in [3.05, 3.63) is 33.4 Å². The van der Waals surface area contributed by atoms with E-state index in [0.717, 1.165) is 19.4 Å². The first-order valence-corrected chi connectivity index (χ1v) is 8.33. The van der Waals surface area contributed by atoms with E-state index in [4.69, 9.17) is 0 Å². The maximum absolute atomic E-state index is 9.72. The lowest BCUT2D eigenvalue weighted by molar-refractivity contribution is 0.0789. The summed E-state index contributed by atoms with van der Waals surface area (Å²) in [6.45, 7) is 3.45. The van der Waals surface area contributed by atoms with Crippen molar-refractivity contribution in [3.8, 4) is 0 Å². The highest BCUT2D eigenvalue weighted by Crippen LogP contribution is 2.35. The van der Waals surface area contributed by atoms with Gasteiger partial charge in [-0.05, 0) is 60.1 Å². The summed E-state index contributed by atoms with van der Waals surface area (Å²) in [5.41, 5.74) is 1.44. The summed E-state index contributed by atoms with van der Waals surface area (Å²) in [7, 11) is 0. The van der Waals surface area contributed by atoms with Gasteiger partial charge >= 0.3 is 0 Å². The fourth-order valence-corrected chi connectivity index (χ4v) is 3.29. The highest BCUT2D eigenvalue weighted by Gasteiger charge is 2.31. The second kappa shape index (κ2) is 7.04. The van der Waals surface area contributed by atoms with Crippen LogP contribution >= 0.6 is 22.6 Å². The number of hydrogen-bond acceptors (Lipinski definition) is 2. The van der Waals surface area contributed by atoms with Crippen LogP contribution in [0.2, 0.25) is 0 Å². The topological polar surface area (TPSA) is 32.3 Å². The van der Waals surface area contributed by atoms with Gasteiger partial charge in [0.25, 0.3) is 0 Å². The van der Waals surface area contributed by atoms with Crippen molar-refractivity contribution in [1.29, 1.82) is 0 Å². The molecular weight excluding hydrogens is 349 g/mol. The molecule has 1 atom stereocenters. The van der Waals surface area contributed by atoms with Gasteiger partial charge < -0.3 is 10.4 Å². The second-order valence-corrected chi connectivity index (χ2v) is 7.12. The van der Waals surface area contributed by atoms with E-state index in [2.05, 4.69) is 59.1 Å². The standard InChI is InChI=1S/C16H24INO/c1-13(14-5-7-15(17)8-6-14)18-11-16(12-19)9-3-2-4-10-16/h5-8,13,18-19H,2-4,9-12H2,1H3. The van der Waals surface area contributed by atoms with Crippen LogP contribution in [-0.4, -0.2) is 18.3 Å². The molecule has 1 saturated carbocycles. The molecule has 2 nitrogen and oxygen atoms in total. The SMILES string of the molecule is CC(NCC1(CO)CCCCC1)c1ccc(I)cc1. The Kier molecular flexibility index (Phi) is 5.66. The summed E-state index contributed by atoms with van der Waals surface area (Å²) in [6, 6.07) is 9.02. The summed E-state index contributed by atoms with van der Waals surface area (Å²) in [5, 5.41) is 13.3. The van der Waals surface area contributed by atoms with Gasteiger partial charge in [-0.15, -0.1) is 0 Å². The Morgan fingerprint density at radius 2 is 1.84 bits per heavy atom. The van der Waals surface area contributed by atoms with E-state index >= 15 is 0 Å². The zero-order valence-corrected chi connectivity index (χ0v) is 13.8. The fraction of sp³-hybridized carbons (Fsp3) is 0.625. The van der Waals surface area contributed by atoms with Gasteiger partial charge in [0.1, 0.15) is 0 Å². The lowest BCUT2D eigenvalue weighted by atomic mass is 9.74. The summed E-state index contributed by atoms with van der Waals surface area (Å²) < 4.78 is 1.27. The van der Waals surface area contributed by atoms with Crippen LogP contribution in [-0.2, 0) is 0 Å². The first-order valence-electron chi connectivity index (χ1n) is 7.25. The number of hydrogen-bond donors (Lipinski definition) is 2. The summed E-state index contributed by atoms with van der Waals surface area (Å²) in [6.07, 6.45) is 6.18. The minimum absolute atomic E-state index is 0.121. The van der Waals surface area contributed by atoms with Gasteiger partial charge in [-0.1, -0.05) is 31.4 Å². The number of halogens is 1. The fourth-order valence-electron chi connectivity index (χ4n) is 2.93. The van der Waals surface area contributed by atoms with Crippen LogP contribution in [0.3, 0.4) is 0 Å². The van der Waals surface area contributed by atoms with Gasteiger partial charge in [0.2, 0.25) is 0 Å². The van der Waals surface area contributed by atoms with Gasteiger partial charge in [0.15, 0.2) is 0 Å². The molecule has 0 amide bonds. The molecule has 106 valence electrons. The Labute approximate surface area is 130 Å². The van der Waals surface area contributed by atoms with Crippen molar-refractivity contribution < 1.29 is 5.11 Å². The summed E-state index contributed by atoms with van der Waals surface area (Å²) in [5.74, 6) is 0. The van der Waals surface area contributed by atoms with E-state index in [1.807, 2.05) is 0 Å². The highest BCUT2D eigenvalue weighted by molar-refractivity contribution is 14.1. The molecule has 0 saturated heterocycles. The van der Waals surface area contributed by atoms with Crippen LogP contribution in [0.25, 0.3) is 0 Å². The molecule has 0 radical (unpaired) electrons. The van der Waals surface area contributed by atoms with Crippen molar-refractivity contribution in [2.24, 2.45) is 5.41 Å². The minimum Gasteiger partial charge on any atom is -0.396 e. The molecule has 1 fully saturated rings. The highest BCUT2D eigenvalue weighted by atomic mass is 127. The predicted octanol–water partition coefficient (Wildman–Crippen LogP) is 3.88. The number of rotatable bonds is 5. The Morgan fingerprint density at radius 3 is 2.42 bits per heavy atom.